The first-order valence-corrected chi connectivity index (χ1v) is 10.7. The van der Waals surface area contributed by atoms with Gasteiger partial charge in [-0.1, -0.05) is 18.2 Å². The molecular weight excluding hydrogens is 386 g/mol. The molecule has 0 spiro atoms. The maximum Gasteiger partial charge on any atom is 0.341 e. The second kappa shape index (κ2) is 8.68. The van der Waals surface area contributed by atoms with Gasteiger partial charge in [0.25, 0.3) is 5.91 Å². The maximum absolute atomic E-state index is 12.7. The SMILES string of the molecule is O=C(NCC1CCCCN1c1ccc(S(=O)(=O)C(F)F)cc1)c1ccccc1. The molecule has 1 N–H and O–H groups in total. The number of halogens is 2. The molecule has 1 unspecified atom stereocenters. The Balaban J connectivity index is 1.70. The van der Waals surface area contributed by atoms with Crippen molar-refractivity contribution in [2.24, 2.45) is 0 Å². The highest BCUT2D eigenvalue weighted by Crippen LogP contribution is 2.27. The van der Waals surface area contributed by atoms with Crippen molar-refractivity contribution in [3.8, 4) is 0 Å². The fourth-order valence-corrected chi connectivity index (χ4v) is 4.11. The monoisotopic (exact) mass is 408 g/mol. The van der Waals surface area contributed by atoms with Crippen LogP contribution in [0.15, 0.2) is 59.5 Å². The first-order chi connectivity index (χ1) is 13.4. The molecule has 0 saturated carbocycles. The Kier molecular flexibility index (Phi) is 6.28. The minimum atomic E-state index is -4.60. The van der Waals surface area contributed by atoms with Gasteiger partial charge in [-0.3, -0.25) is 4.79 Å². The molecule has 150 valence electrons. The third kappa shape index (κ3) is 4.49. The van der Waals surface area contributed by atoms with Gasteiger partial charge in [-0.25, -0.2) is 8.42 Å². The zero-order valence-corrected chi connectivity index (χ0v) is 16.0. The van der Waals surface area contributed by atoms with E-state index in [2.05, 4.69) is 10.2 Å². The molecule has 0 radical (unpaired) electrons. The van der Waals surface area contributed by atoms with Crippen molar-refractivity contribution in [3.63, 3.8) is 0 Å². The summed E-state index contributed by atoms with van der Waals surface area (Å²) >= 11 is 0. The van der Waals surface area contributed by atoms with Gasteiger partial charge in [-0.05, 0) is 55.7 Å². The molecule has 8 heteroatoms. The second-order valence-electron chi connectivity index (χ2n) is 6.72. The van der Waals surface area contributed by atoms with Gasteiger partial charge in [-0.2, -0.15) is 8.78 Å². The quantitative estimate of drug-likeness (QED) is 0.795. The van der Waals surface area contributed by atoms with Crippen LogP contribution in [-0.4, -0.2) is 39.2 Å². The Morgan fingerprint density at radius 2 is 1.75 bits per heavy atom. The summed E-state index contributed by atoms with van der Waals surface area (Å²) in [7, 11) is -4.60. The number of rotatable bonds is 6. The second-order valence-corrected chi connectivity index (χ2v) is 8.64. The number of benzene rings is 2. The van der Waals surface area contributed by atoms with Crippen molar-refractivity contribution in [1.29, 1.82) is 0 Å². The van der Waals surface area contributed by atoms with Crippen molar-refractivity contribution >= 4 is 21.4 Å². The van der Waals surface area contributed by atoms with Crippen LogP contribution in [-0.2, 0) is 9.84 Å². The van der Waals surface area contributed by atoms with Gasteiger partial charge in [-0.15, -0.1) is 0 Å². The molecule has 28 heavy (non-hydrogen) atoms. The number of hydrogen-bond donors (Lipinski definition) is 1. The van der Waals surface area contributed by atoms with Crippen molar-refractivity contribution < 1.29 is 22.0 Å². The zero-order valence-electron chi connectivity index (χ0n) is 15.2. The third-order valence-electron chi connectivity index (χ3n) is 4.89. The van der Waals surface area contributed by atoms with Crippen LogP contribution in [0, 0.1) is 0 Å². The highest BCUT2D eigenvalue weighted by molar-refractivity contribution is 7.91. The van der Waals surface area contributed by atoms with Crippen LogP contribution >= 0.6 is 0 Å². The van der Waals surface area contributed by atoms with Crippen LogP contribution in [0.25, 0.3) is 0 Å². The topological polar surface area (TPSA) is 66.5 Å². The summed E-state index contributed by atoms with van der Waals surface area (Å²) in [6.07, 6.45) is 2.88. The van der Waals surface area contributed by atoms with Crippen LogP contribution in [0.1, 0.15) is 29.6 Å². The summed E-state index contributed by atoms with van der Waals surface area (Å²) in [4.78, 5) is 14.0. The molecule has 1 saturated heterocycles. The van der Waals surface area contributed by atoms with Gasteiger partial charge in [0, 0.05) is 30.4 Å². The molecule has 3 rings (SSSR count). The maximum atomic E-state index is 12.7. The summed E-state index contributed by atoms with van der Waals surface area (Å²) < 4.78 is 48.6. The number of amides is 1. The number of sulfone groups is 1. The zero-order chi connectivity index (χ0) is 20.1. The minimum absolute atomic E-state index is 0.0546. The molecule has 0 aliphatic carbocycles. The van der Waals surface area contributed by atoms with E-state index in [1.807, 2.05) is 6.07 Å². The summed E-state index contributed by atoms with van der Waals surface area (Å²) in [5.41, 5.74) is 1.35. The van der Waals surface area contributed by atoms with E-state index in [1.165, 1.54) is 12.1 Å². The van der Waals surface area contributed by atoms with Crippen molar-refractivity contribution in [3.05, 3.63) is 60.2 Å². The van der Waals surface area contributed by atoms with Gasteiger partial charge in [0.05, 0.1) is 4.90 Å². The number of alkyl halides is 2. The van der Waals surface area contributed by atoms with E-state index >= 15 is 0 Å². The van der Waals surface area contributed by atoms with Gasteiger partial charge < -0.3 is 10.2 Å². The number of carbonyl (C=O) groups is 1. The standard InChI is InChI=1S/C20H22F2N2O3S/c21-20(22)28(26,27)18-11-9-16(10-12-18)24-13-5-4-8-17(24)14-23-19(25)15-6-2-1-3-7-15/h1-3,6-7,9-12,17,20H,4-5,8,13-14H2,(H,23,25). The molecule has 2 aromatic rings. The van der Waals surface area contributed by atoms with Crippen molar-refractivity contribution in [1.82, 2.24) is 5.32 Å². The van der Waals surface area contributed by atoms with E-state index in [0.717, 1.165) is 31.5 Å². The normalized spacial score (nSPS) is 17.5. The molecule has 1 amide bonds. The smallest absolute Gasteiger partial charge is 0.341 e. The molecule has 1 fully saturated rings. The highest BCUT2D eigenvalue weighted by Gasteiger charge is 2.28. The van der Waals surface area contributed by atoms with Crippen LogP contribution in [0.5, 0.6) is 0 Å². The number of nitrogens with one attached hydrogen (secondary N) is 1. The summed E-state index contributed by atoms with van der Waals surface area (Å²) in [5, 5.41) is 2.94. The Morgan fingerprint density at radius 3 is 2.39 bits per heavy atom. The molecule has 1 aliphatic rings. The lowest BCUT2D eigenvalue weighted by atomic mass is 10.0. The fraction of sp³-hybridized carbons (Fsp3) is 0.350. The van der Waals surface area contributed by atoms with Gasteiger partial charge in [0.15, 0.2) is 0 Å². The number of carbonyl (C=O) groups excluding carboxylic acids is 1. The number of nitrogens with zero attached hydrogens (tertiary/aromatic N) is 1. The first kappa shape index (κ1) is 20.3. The molecule has 0 bridgehead atoms. The van der Waals surface area contributed by atoms with E-state index in [0.29, 0.717) is 12.1 Å². The average Bonchev–Trinajstić information content (AvgIpc) is 2.73. The molecule has 2 aromatic carbocycles. The fourth-order valence-electron chi connectivity index (χ4n) is 3.38. The van der Waals surface area contributed by atoms with E-state index in [9.17, 15) is 22.0 Å². The van der Waals surface area contributed by atoms with Crippen LogP contribution in [0.3, 0.4) is 0 Å². The Bertz CT molecular complexity index is 903. The van der Waals surface area contributed by atoms with Gasteiger partial charge in [0.1, 0.15) is 0 Å². The predicted octanol–water partition coefficient (Wildman–Crippen LogP) is 3.47. The highest BCUT2D eigenvalue weighted by atomic mass is 32.2. The first-order valence-electron chi connectivity index (χ1n) is 9.11. The Morgan fingerprint density at radius 1 is 1.07 bits per heavy atom. The van der Waals surface area contributed by atoms with Crippen LogP contribution < -0.4 is 10.2 Å². The van der Waals surface area contributed by atoms with E-state index in [-0.39, 0.29) is 11.9 Å². The lowest BCUT2D eigenvalue weighted by Crippen LogP contribution is -2.46. The lowest BCUT2D eigenvalue weighted by molar-refractivity contribution is 0.0949. The molecular formula is C20H22F2N2O3S. The summed E-state index contributed by atoms with van der Waals surface area (Å²) in [5.74, 6) is -3.58. The molecule has 1 aliphatic heterocycles. The number of piperidine rings is 1. The largest absolute Gasteiger partial charge is 0.367 e. The van der Waals surface area contributed by atoms with Crippen molar-refractivity contribution in [2.75, 3.05) is 18.0 Å². The molecule has 5 nitrogen and oxygen atoms in total. The van der Waals surface area contributed by atoms with E-state index in [4.69, 9.17) is 0 Å². The number of hydrogen-bond acceptors (Lipinski definition) is 4. The lowest BCUT2D eigenvalue weighted by Gasteiger charge is -2.37. The summed E-state index contributed by atoms with van der Waals surface area (Å²) in [6, 6.07) is 14.5. The van der Waals surface area contributed by atoms with E-state index in [1.54, 1.807) is 36.4 Å². The Hall–Kier alpha value is -2.48. The van der Waals surface area contributed by atoms with Crippen molar-refractivity contribution in [2.45, 2.75) is 36.0 Å². The molecule has 1 atom stereocenters. The van der Waals surface area contributed by atoms with Gasteiger partial charge in [0.2, 0.25) is 9.84 Å². The average molecular weight is 408 g/mol. The minimum Gasteiger partial charge on any atom is -0.367 e. The third-order valence-corrected chi connectivity index (χ3v) is 6.29. The predicted molar refractivity (Wildman–Crippen MR) is 103 cm³/mol. The van der Waals surface area contributed by atoms with E-state index < -0.39 is 20.5 Å². The molecule has 1 heterocycles. The van der Waals surface area contributed by atoms with Crippen LogP contribution in [0.4, 0.5) is 14.5 Å². The molecule has 0 aromatic heterocycles. The van der Waals surface area contributed by atoms with Crippen LogP contribution in [0.2, 0.25) is 0 Å². The Labute approximate surface area is 163 Å². The number of anilines is 1. The van der Waals surface area contributed by atoms with Gasteiger partial charge >= 0.3 is 5.76 Å². The summed E-state index contributed by atoms with van der Waals surface area (Å²) in [6.45, 7) is 1.21.